The van der Waals surface area contributed by atoms with E-state index in [2.05, 4.69) is 50.1 Å². The number of fused-ring (bicyclic) bond motifs is 3. The highest BCUT2D eigenvalue weighted by Crippen LogP contribution is 2.42. The van der Waals surface area contributed by atoms with E-state index in [-0.39, 0.29) is 18.0 Å². The van der Waals surface area contributed by atoms with E-state index >= 15 is 0 Å². The number of nitrogens with zero attached hydrogens (tertiary/aromatic N) is 3. The van der Waals surface area contributed by atoms with E-state index in [0.717, 1.165) is 54.1 Å². The Kier molecular flexibility index (Phi) is 10.4. The minimum Gasteiger partial charge on any atom is -0.493 e. The summed E-state index contributed by atoms with van der Waals surface area (Å²) in [7, 11) is 5.74. The first-order valence-corrected chi connectivity index (χ1v) is 15.9. The standard InChI is InChI=1S/C37H47N3O4/c1-7-44-35-20-30-31(21-34(35)42-6)36(38-33-17-18-39(4)22-32(30)33)27-13-15-28(16-14-27)37(41)40(5)29(19-25(2)3)24-43-23-26-11-9-8-10-12-26/h8-16,20-21,25,29,32-33H,7,17-19,22-24H2,1-6H3/t29?,32-,33-/m1/s1. The van der Waals surface area contributed by atoms with E-state index in [0.29, 0.717) is 43.0 Å². The molecule has 0 spiro atoms. The van der Waals surface area contributed by atoms with E-state index in [1.165, 1.54) is 5.56 Å². The van der Waals surface area contributed by atoms with Crippen molar-refractivity contribution in [3.63, 3.8) is 0 Å². The summed E-state index contributed by atoms with van der Waals surface area (Å²) in [5.41, 5.74) is 6.07. The predicted molar refractivity (Wildman–Crippen MR) is 176 cm³/mol. The summed E-state index contributed by atoms with van der Waals surface area (Å²) in [6.45, 7) is 9.93. The number of benzene rings is 3. The number of rotatable bonds is 12. The van der Waals surface area contributed by atoms with Crippen molar-refractivity contribution in [3.8, 4) is 11.5 Å². The summed E-state index contributed by atoms with van der Waals surface area (Å²) in [5.74, 6) is 2.21. The Labute approximate surface area is 262 Å². The molecule has 0 N–H and O–H groups in total. The van der Waals surface area contributed by atoms with Crippen LogP contribution in [0.2, 0.25) is 0 Å². The fraction of sp³-hybridized carbons (Fsp3) is 0.459. The monoisotopic (exact) mass is 597 g/mol. The molecule has 2 aliphatic rings. The molecule has 1 saturated heterocycles. The highest BCUT2D eigenvalue weighted by atomic mass is 16.5. The van der Waals surface area contributed by atoms with Crippen LogP contribution in [0.4, 0.5) is 0 Å². The van der Waals surface area contributed by atoms with Crippen LogP contribution in [-0.4, -0.2) is 81.0 Å². The minimum absolute atomic E-state index is 0.00472. The number of carbonyl (C=O) groups is 1. The van der Waals surface area contributed by atoms with Gasteiger partial charge in [-0.1, -0.05) is 56.3 Å². The number of aliphatic imine (C=N–C) groups is 1. The number of piperidine rings is 1. The molecule has 234 valence electrons. The molecular weight excluding hydrogens is 550 g/mol. The molecule has 3 aromatic carbocycles. The fourth-order valence-electron chi connectivity index (χ4n) is 6.45. The quantitative estimate of drug-likeness (QED) is 0.241. The Morgan fingerprint density at radius 3 is 2.50 bits per heavy atom. The van der Waals surface area contributed by atoms with Crippen LogP contribution < -0.4 is 9.47 Å². The molecule has 1 amide bonds. The van der Waals surface area contributed by atoms with E-state index in [1.54, 1.807) is 7.11 Å². The number of likely N-dealkylation sites (tertiary alicyclic amines) is 1. The molecule has 2 heterocycles. The maximum atomic E-state index is 13.7. The predicted octanol–water partition coefficient (Wildman–Crippen LogP) is 6.44. The number of amides is 1. The zero-order valence-corrected chi connectivity index (χ0v) is 27.1. The van der Waals surface area contributed by atoms with Gasteiger partial charge in [-0.05, 0) is 74.7 Å². The van der Waals surface area contributed by atoms with Gasteiger partial charge in [0.2, 0.25) is 0 Å². The molecule has 0 aromatic heterocycles. The fourth-order valence-corrected chi connectivity index (χ4v) is 6.45. The van der Waals surface area contributed by atoms with Gasteiger partial charge in [-0.3, -0.25) is 9.79 Å². The number of hydrogen-bond donors (Lipinski definition) is 0. The van der Waals surface area contributed by atoms with Crippen LogP contribution >= 0.6 is 0 Å². The zero-order chi connectivity index (χ0) is 31.2. The van der Waals surface area contributed by atoms with Crippen LogP contribution in [0, 0.1) is 5.92 Å². The van der Waals surface area contributed by atoms with Crippen molar-refractivity contribution in [2.45, 2.75) is 58.2 Å². The molecule has 7 heteroatoms. The maximum absolute atomic E-state index is 13.7. The van der Waals surface area contributed by atoms with Crippen LogP contribution in [0.3, 0.4) is 0 Å². The third-order valence-corrected chi connectivity index (χ3v) is 8.80. The van der Waals surface area contributed by atoms with Crippen LogP contribution in [0.1, 0.15) is 72.1 Å². The smallest absolute Gasteiger partial charge is 0.253 e. The van der Waals surface area contributed by atoms with Gasteiger partial charge >= 0.3 is 0 Å². The molecule has 0 saturated carbocycles. The van der Waals surface area contributed by atoms with Gasteiger partial charge in [-0.25, -0.2) is 0 Å². The Balaban J connectivity index is 1.37. The van der Waals surface area contributed by atoms with Crippen molar-refractivity contribution in [1.82, 2.24) is 9.80 Å². The van der Waals surface area contributed by atoms with Crippen LogP contribution in [0.5, 0.6) is 11.5 Å². The summed E-state index contributed by atoms with van der Waals surface area (Å²) in [6.07, 6.45) is 1.87. The van der Waals surface area contributed by atoms with Gasteiger partial charge in [0.1, 0.15) is 0 Å². The van der Waals surface area contributed by atoms with Crippen molar-refractivity contribution in [3.05, 3.63) is 94.5 Å². The van der Waals surface area contributed by atoms with E-state index in [1.807, 2.05) is 61.3 Å². The van der Waals surface area contributed by atoms with Gasteiger partial charge in [-0.2, -0.15) is 0 Å². The Bertz CT molecular complexity index is 1440. The lowest BCUT2D eigenvalue weighted by Gasteiger charge is -2.39. The molecule has 5 rings (SSSR count). The first-order chi connectivity index (χ1) is 21.3. The Hall–Kier alpha value is -3.68. The number of methoxy groups -OCH3 is 1. The van der Waals surface area contributed by atoms with Gasteiger partial charge in [0.25, 0.3) is 5.91 Å². The molecule has 0 radical (unpaired) electrons. The lowest BCUT2D eigenvalue weighted by atomic mass is 9.79. The third-order valence-electron chi connectivity index (χ3n) is 8.80. The van der Waals surface area contributed by atoms with Crippen molar-refractivity contribution < 1.29 is 19.0 Å². The highest BCUT2D eigenvalue weighted by Gasteiger charge is 2.36. The van der Waals surface area contributed by atoms with E-state index < -0.39 is 0 Å². The van der Waals surface area contributed by atoms with Crippen LogP contribution in [0.15, 0.2) is 71.7 Å². The lowest BCUT2D eigenvalue weighted by Crippen LogP contribution is -2.42. The molecule has 0 bridgehead atoms. The van der Waals surface area contributed by atoms with Crippen molar-refractivity contribution >= 4 is 11.6 Å². The molecule has 3 aromatic rings. The van der Waals surface area contributed by atoms with Crippen LogP contribution in [0.25, 0.3) is 0 Å². The molecule has 1 unspecified atom stereocenters. The minimum atomic E-state index is -0.0196. The molecule has 44 heavy (non-hydrogen) atoms. The molecule has 2 aliphatic heterocycles. The van der Waals surface area contributed by atoms with Crippen molar-refractivity contribution in [1.29, 1.82) is 0 Å². The summed E-state index contributed by atoms with van der Waals surface area (Å²) in [6, 6.07) is 22.5. The largest absolute Gasteiger partial charge is 0.493 e. The number of carbonyl (C=O) groups excluding carboxylic acids is 1. The lowest BCUT2D eigenvalue weighted by molar-refractivity contribution is 0.0406. The average Bonchev–Trinajstić information content (AvgIpc) is 3.03. The maximum Gasteiger partial charge on any atom is 0.253 e. The third kappa shape index (κ3) is 7.16. The Morgan fingerprint density at radius 2 is 1.82 bits per heavy atom. The topological polar surface area (TPSA) is 63.6 Å². The average molecular weight is 598 g/mol. The zero-order valence-electron chi connectivity index (χ0n) is 27.1. The van der Waals surface area contributed by atoms with Crippen molar-refractivity contribution in [2.24, 2.45) is 10.9 Å². The Morgan fingerprint density at radius 1 is 1.07 bits per heavy atom. The molecule has 0 aliphatic carbocycles. The summed E-state index contributed by atoms with van der Waals surface area (Å²) in [5, 5.41) is 0. The van der Waals surface area contributed by atoms with Crippen LogP contribution in [-0.2, 0) is 11.3 Å². The first kappa shape index (κ1) is 31.7. The normalized spacial score (nSPS) is 18.7. The SMILES string of the molecule is CCOc1cc2c(cc1OC)C(c1ccc(C(=O)N(C)C(COCc3ccccc3)CC(C)C)cc1)=N[C@@H]1CCN(C)C[C@H]21. The van der Waals surface area contributed by atoms with Gasteiger partial charge in [-0.15, -0.1) is 0 Å². The second kappa shape index (κ2) is 14.4. The highest BCUT2D eigenvalue weighted by molar-refractivity contribution is 6.15. The molecule has 7 nitrogen and oxygen atoms in total. The second-order valence-corrected chi connectivity index (χ2v) is 12.5. The van der Waals surface area contributed by atoms with Gasteiger partial charge in [0.15, 0.2) is 11.5 Å². The van der Waals surface area contributed by atoms with Gasteiger partial charge in [0.05, 0.1) is 44.7 Å². The number of ether oxygens (including phenoxy) is 3. The summed E-state index contributed by atoms with van der Waals surface area (Å²) >= 11 is 0. The number of likely N-dealkylation sites (N-methyl/N-ethyl adjacent to an activating group) is 2. The van der Waals surface area contributed by atoms with Crippen molar-refractivity contribution in [2.75, 3.05) is 47.5 Å². The van der Waals surface area contributed by atoms with E-state index in [4.69, 9.17) is 19.2 Å². The molecule has 1 fully saturated rings. The summed E-state index contributed by atoms with van der Waals surface area (Å²) < 4.78 is 17.8. The second-order valence-electron chi connectivity index (χ2n) is 12.5. The molecular formula is C37H47N3O4. The summed E-state index contributed by atoms with van der Waals surface area (Å²) in [4.78, 5) is 23.2. The molecule has 3 atom stereocenters. The van der Waals surface area contributed by atoms with Gasteiger partial charge < -0.3 is 24.0 Å². The number of hydrogen-bond acceptors (Lipinski definition) is 6. The van der Waals surface area contributed by atoms with E-state index in [9.17, 15) is 4.79 Å². The van der Waals surface area contributed by atoms with Gasteiger partial charge in [0, 0.05) is 36.2 Å². The first-order valence-electron chi connectivity index (χ1n) is 15.9.